The fourth-order valence-corrected chi connectivity index (χ4v) is 2.77. The van der Waals surface area contributed by atoms with Crippen molar-refractivity contribution in [1.82, 2.24) is 9.88 Å². The van der Waals surface area contributed by atoms with E-state index in [0.29, 0.717) is 6.10 Å². The summed E-state index contributed by atoms with van der Waals surface area (Å²) in [6.07, 6.45) is 4.22. The highest BCUT2D eigenvalue weighted by atomic mass is 16.5. The zero-order chi connectivity index (χ0) is 15.4. The second-order valence-corrected chi connectivity index (χ2v) is 5.70. The van der Waals surface area contributed by atoms with Crippen LogP contribution < -0.4 is 9.47 Å². The first-order valence-corrected chi connectivity index (χ1v) is 7.71. The molecule has 3 rings (SSSR count). The van der Waals surface area contributed by atoms with E-state index >= 15 is 0 Å². The van der Waals surface area contributed by atoms with Crippen LogP contribution in [0.2, 0.25) is 0 Å². The molecule has 0 radical (unpaired) electrons. The normalized spacial score (nSPS) is 16.5. The van der Waals surface area contributed by atoms with E-state index in [1.54, 1.807) is 13.3 Å². The van der Waals surface area contributed by atoms with Crippen LogP contribution in [0, 0.1) is 0 Å². The van der Waals surface area contributed by atoms with Crippen molar-refractivity contribution in [1.29, 1.82) is 0 Å². The third kappa shape index (κ3) is 3.39. The molecule has 0 amide bonds. The second kappa shape index (κ2) is 6.79. The molecule has 1 aromatic carbocycles. The molecule has 4 nitrogen and oxygen atoms in total. The number of rotatable bonds is 4. The fraction of sp³-hybridized carbons (Fsp3) is 0.389. The Hall–Kier alpha value is -2.07. The Bertz CT molecular complexity index is 608. The van der Waals surface area contributed by atoms with E-state index < -0.39 is 0 Å². The molecule has 0 saturated carbocycles. The van der Waals surface area contributed by atoms with E-state index in [9.17, 15) is 0 Å². The number of likely N-dealkylation sites (tertiary alicyclic amines) is 1. The minimum absolute atomic E-state index is 0.293. The molecule has 2 heterocycles. The number of pyridine rings is 1. The van der Waals surface area contributed by atoms with Crippen molar-refractivity contribution in [2.75, 3.05) is 27.2 Å². The van der Waals surface area contributed by atoms with Crippen LogP contribution in [0.3, 0.4) is 0 Å². The highest BCUT2D eigenvalue weighted by Gasteiger charge is 2.18. The third-order valence-corrected chi connectivity index (χ3v) is 4.08. The summed E-state index contributed by atoms with van der Waals surface area (Å²) >= 11 is 0. The van der Waals surface area contributed by atoms with Crippen molar-refractivity contribution in [2.45, 2.75) is 18.9 Å². The van der Waals surface area contributed by atoms with Crippen LogP contribution in [-0.4, -0.2) is 43.2 Å². The Morgan fingerprint density at radius 3 is 2.64 bits per heavy atom. The van der Waals surface area contributed by atoms with Gasteiger partial charge in [-0.2, -0.15) is 0 Å². The van der Waals surface area contributed by atoms with Gasteiger partial charge in [0.05, 0.1) is 12.8 Å². The van der Waals surface area contributed by atoms with Crippen LogP contribution in [0.15, 0.2) is 42.6 Å². The maximum Gasteiger partial charge on any atom is 0.131 e. The topological polar surface area (TPSA) is 34.6 Å². The van der Waals surface area contributed by atoms with Gasteiger partial charge in [-0.15, -0.1) is 0 Å². The van der Waals surface area contributed by atoms with Crippen molar-refractivity contribution >= 4 is 0 Å². The minimum Gasteiger partial charge on any atom is -0.496 e. The van der Waals surface area contributed by atoms with Crippen LogP contribution in [-0.2, 0) is 0 Å². The molecule has 4 heteroatoms. The molecule has 1 aromatic heterocycles. The summed E-state index contributed by atoms with van der Waals surface area (Å²) in [4.78, 5) is 6.72. The van der Waals surface area contributed by atoms with Gasteiger partial charge in [0.25, 0.3) is 0 Å². The summed E-state index contributed by atoms with van der Waals surface area (Å²) in [5, 5.41) is 0. The molecule has 22 heavy (non-hydrogen) atoms. The van der Waals surface area contributed by atoms with Gasteiger partial charge in [0.1, 0.15) is 17.6 Å². The summed E-state index contributed by atoms with van der Waals surface area (Å²) in [6.45, 7) is 2.18. The van der Waals surface area contributed by atoms with Gasteiger partial charge in [-0.1, -0.05) is 6.07 Å². The average Bonchev–Trinajstić information content (AvgIpc) is 2.57. The smallest absolute Gasteiger partial charge is 0.131 e. The van der Waals surface area contributed by atoms with E-state index in [1.807, 2.05) is 36.4 Å². The molecule has 0 aliphatic carbocycles. The van der Waals surface area contributed by atoms with Gasteiger partial charge in [-0.25, -0.2) is 0 Å². The predicted molar refractivity (Wildman–Crippen MR) is 87.4 cm³/mol. The molecule has 1 fully saturated rings. The summed E-state index contributed by atoms with van der Waals surface area (Å²) in [7, 11) is 3.84. The van der Waals surface area contributed by atoms with Gasteiger partial charge in [0.2, 0.25) is 0 Å². The number of piperidine rings is 1. The lowest BCUT2D eigenvalue weighted by Crippen LogP contribution is -2.35. The number of hydrogen-bond donors (Lipinski definition) is 0. The zero-order valence-corrected chi connectivity index (χ0v) is 13.2. The number of aromatic nitrogens is 1. The maximum atomic E-state index is 6.11. The Balaban J connectivity index is 1.77. The molecule has 0 N–H and O–H groups in total. The highest BCUT2D eigenvalue weighted by molar-refractivity contribution is 5.68. The number of ether oxygens (including phenoxy) is 2. The molecule has 1 aliphatic rings. The molecule has 0 atom stereocenters. The van der Waals surface area contributed by atoms with Crippen LogP contribution in [0.25, 0.3) is 11.3 Å². The van der Waals surface area contributed by atoms with Crippen LogP contribution in [0.5, 0.6) is 11.5 Å². The first-order chi connectivity index (χ1) is 10.8. The zero-order valence-electron chi connectivity index (χ0n) is 13.2. The first-order valence-electron chi connectivity index (χ1n) is 7.71. The predicted octanol–water partition coefficient (Wildman–Crippen LogP) is 3.23. The summed E-state index contributed by atoms with van der Waals surface area (Å²) in [5.74, 6) is 1.66. The molecule has 116 valence electrons. The van der Waals surface area contributed by atoms with Gasteiger partial charge in [-0.05, 0) is 44.2 Å². The molecular weight excluding hydrogens is 276 g/mol. The first kappa shape index (κ1) is 14.9. The van der Waals surface area contributed by atoms with Gasteiger partial charge in [0, 0.05) is 30.9 Å². The average molecular weight is 298 g/mol. The molecule has 1 saturated heterocycles. The second-order valence-electron chi connectivity index (χ2n) is 5.70. The van der Waals surface area contributed by atoms with Crippen molar-refractivity contribution in [3.63, 3.8) is 0 Å². The number of methoxy groups -OCH3 is 1. The summed E-state index contributed by atoms with van der Waals surface area (Å²) in [6, 6.07) is 11.9. The minimum atomic E-state index is 0.293. The van der Waals surface area contributed by atoms with Crippen molar-refractivity contribution in [2.24, 2.45) is 0 Å². The Morgan fingerprint density at radius 2 is 1.95 bits per heavy atom. The van der Waals surface area contributed by atoms with E-state index in [2.05, 4.69) is 16.9 Å². The highest BCUT2D eigenvalue weighted by Crippen LogP contribution is 2.33. The Kier molecular flexibility index (Phi) is 4.59. The van der Waals surface area contributed by atoms with Gasteiger partial charge < -0.3 is 14.4 Å². The van der Waals surface area contributed by atoms with Gasteiger partial charge >= 0.3 is 0 Å². The standard InChI is InChI=1S/C18H22N2O2/c1-20-11-8-14(9-12-20)22-15-6-7-16(18(13-15)21-2)17-5-3-4-10-19-17/h3-7,10,13-14H,8-9,11-12H2,1-2H3. The lowest BCUT2D eigenvalue weighted by Gasteiger charge is -2.29. The van der Waals surface area contributed by atoms with Crippen LogP contribution in [0.4, 0.5) is 0 Å². The Morgan fingerprint density at radius 1 is 1.14 bits per heavy atom. The van der Waals surface area contributed by atoms with Gasteiger partial charge in [-0.3, -0.25) is 4.98 Å². The van der Waals surface area contributed by atoms with Crippen LogP contribution in [0.1, 0.15) is 12.8 Å². The molecule has 0 spiro atoms. The van der Waals surface area contributed by atoms with Crippen molar-refractivity contribution < 1.29 is 9.47 Å². The van der Waals surface area contributed by atoms with E-state index in [-0.39, 0.29) is 0 Å². The summed E-state index contributed by atoms with van der Waals surface area (Å²) in [5.41, 5.74) is 1.89. The molecule has 0 unspecified atom stereocenters. The fourth-order valence-electron chi connectivity index (χ4n) is 2.77. The van der Waals surface area contributed by atoms with Crippen molar-refractivity contribution in [3.05, 3.63) is 42.6 Å². The maximum absolute atomic E-state index is 6.11. The molecular formula is C18H22N2O2. The van der Waals surface area contributed by atoms with Gasteiger partial charge in [0.15, 0.2) is 0 Å². The van der Waals surface area contributed by atoms with Crippen molar-refractivity contribution in [3.8, 4) is 22.8 Å². The number of nitrogens with zero attached hydrogens (tertiary/aromatic N) is 2. The SMILES string of the molecule is COc1cc(OC2CCN(C)CC2)ccc1-c1ccccn1. The van der Waals surface area contributed by atoms with E-state index in [0.717, 1.165) is 48.7 Å². The largest absolute Gasteiger partial charge is 0.496 e. The van der Waals surface area contributed by atoms with E-state index in [1.165, 1.54) is 0 Å². The number of hydrogen-bond acceptors (Lipinski definition) is 4. The quantitative estimate of drug-likeness (QED) is 0.868. The molecule has 0 bridgehead atoms. The van der Waals surface area contributed by atoms with Crippen LogP contribution >= 0.6 is 0 Å². The van der Waals surface area contributed by atoms with E-state index in [4.69, 9.17) is 9.47 Å². The Labute approximate surface area is 131 Å². The third-order valence-electron chi connectivity index (χ3n) is 4.08. The molecule has 2 aromatic rings. The summed E-state index contributed by atoms with van der Waals surface area (Å²) < 4.78 is 11.6. The monoisotopic (exact) mass is 298 g/mol. The lowest BCUT2D eigenvalue weighted by atomic mass is 10.1. The molecule has 1 aliphatic heterocycles. The lowest BCUT2D eigenvalue weighted by molar-refractivity contribution is 0.114. The number of benzene rings is 1.